The van der Waals surface area contributed by atoms with Crippen molar-refractivity contribution in [2.75, 3.05) is 18.4 Å². The van der Waals surface area contributed by atoms with Gasteiger partial charge in [-0.3, -0.25) is 14.9 Å². The van der Waals surface area contributed by atoms with E-state index in [2.05, 4.69) is 20.6 Å². The average molecular weight is 260 g/mol. The van der Waals surface area contributed by atoms with Gasteiger partial charge >= 0.3 is 5.69 Å². The van der Waals surface area contributed by atoms with Crippen LogP contribution < -0.4 is 10.6 Å². The van der Waals surface area contributed by atoms with Crippen LogP contribution in [-0.2, 0) is 4.79 Å². The van der Waals surface area contributed by atoms with Crippen molar-refractivity contribution in [2.24, 2.45) is 0 Å². The van der Waals surface area contributed by atoms with Crippen molar-refractivity contribution >= 4 is 29.0 Å². The van der Waals surface area contributed by atoms with Crippen molar-refractivity contribution in [2.45, 2.75) is 6.92 Å². The monoisotopic (exact) mass is 259 g/mol. The number of amides is 1. The van der Waals surface area contributed by atoms with Crippen molar-refractivity contribution < 1.29 is 9.72 Å². The first kappa shape index (κ1) is 13.1. The van der Waals surface area contributed by atoms with E-state index in [1.807, 2.05) is 0 Å². The molecule has 1 rings (SSSR count). The Kier molecular flexibility index (Phi) is 4.58. The molecule has 0 aliphatic carbocycles. The third-order valence-corrected chi connectivity index (χ3v) is 1.91. The Labute approximate surface area is 102 Å². The van der Waals surface area contributed by atoms with E-state index >= 15 is 0 Å². The van der Waals surface area contributed by atoms with Crippen molar-refractivity contribution in [3.8, 4) is 0 Å². The van der Waals surface area contributed by atoms with Gasteiger partial charge in [-0.1, -0.05) is 0 Å². The Morgan fingerprint density at radius 1 is 1.59 bits per heavy atom. The molecule has 1 aromatic heterocycles. The predicted octanol–water partition coefficient (Wildman–Crippen LogP) is 0.586. The summed E-state index contributed by atoms with van der Waals surface area (Å²) in [7, 11) is 0. The normalized spacial score (nSPS) is 9.76. The van der Waals surface area contributed by atoms with Gasteiger partial charge in [0.15, 0.2) is 0 Å². The molecule has 1 aromatic rings. The number of hydrogen-bond donors (Lipinski definition) is 2. The molecule has 0 aliphatic heterocycles. The molecule has 0 spiro atoms. The topological polar surface area (TPSA) is 110 Å². The maximum absolute atomic E-state index is 10.6. The minimum atomic E-state index is -0.614. The molecule has 1 heterocycles. The molecule has 1 amide bonds. The van der Waals surface area contributed by atoms with Crippen LogP contribution in [0.4, 0.5) is 11.5 Å². The quantitative estimate of drug-likeness (QED) is 0.346. The number of carbonyl (C=O) groups excluding carboxylic acids is 1. The molecule has 0 bridgehead atoms. The summed E-state index contributed by atoms with van der Waals surface area (Å²) in [5.74, 6) is -0.151. The molecule has 0 atom stereocenters. The van der Waals surface area contributed by atoms with Crippen LogP contribution in [0.2, 0.25) is 5.28 Å². The molecule has 0 saturated carbocycles. The second-order valence-electron chi connectivity index (χ2n) is 3.04. The zero-order valence-corrected chi connectivity index (χ0v) is 9.69. The van der Waals surface area contributed by atoms with Crippen LogP contribution in [0.15, 0.2) is 6.20 Å². The number of halogens is 1. The molecule has 0 unspecified atom stereocenters. The molecule has 0 saturated heterocycles. The standard InChI is InChI=1S/C8H10ClN5O3/c1-5(15)10-2-3-11-7-6(14(16)17)4-12-8(9)13-7/h4H,2-3H2,1H3,(H,10,15)(H,11,12,13). The first-order valence-electron chi connectivity index (χ1n) is 4.66. The number of nitrogens with zero attached hydrogens (tertiary/aromatic N) is 3. The Balaban J connectivity index is 2.65. The lowest BCUT2D eigenvalue weighted by Gasteiger charge is -2.06. The smallest absolute Gasteiger partial charge is 0.329 e. The van der Waals surface area contributed by atoms with Gasteiger partial charge in [0.05, 0.1) is 4.92 Å². The summed E-state index contributed by atoms with van der Waals surface area (Å²) in [5.41, 5.74) is -0.266. The summed E-state index contributed by atoms with van der Waals surface area (Å²) in [4.78, 5) is 27.8. The fourth-order valence-electron chi connectivity index (χ4n) is 1.04. The van der Waals surface area contributed by atoms with E-state index in [1.54, 1.807) is 0 Å². The number of hydrogen-bond acceptors (Lipinski definition) is 6. The van der Waals surface area contributed by atoms with Gasteiger partial charge in [-0.25, -0.2) is 4.98 Å². The van der Waals surface area contributed by atoms with Crippen LogP contribution in [0.3, 0.4) is 0 Å². The minimum absolute atomic E-state index is 0.0281. The Morgan fingerprint density at radius 2 is 2.29 bits per heavy atom. The van der Waals surface area contributed by atoms with E-state index in [0.29, 0.717) is 13.1 Å². The summed E-state index contributed by atoms with van der Waals surface area (Å²) in [5, 5.41) is 15.8. The molecule has 9 heteroatoms. The van der Waals surface area contributed by atoms with Gasteiger partial charge in [-0.2, -0.15) is 4.98 Å². The number of rotatable bonds is 5. The molecular formula is C8H10ClN5O3. The highest BCUT2D eigenvalue weighted by Gasteiger charge is 2.16. The van der Waals surface area contributed by atoms with Crippen LogP contribution in [0.1, 0.15) is 6.92 Å². The Morgan fingerprint density at radius 3 is 2.88 bits per heavy atom. The van der Waals surface area contributed by atoms with E-state index < -0.39 is 4.92 Å². The minimum Gasteiger partial charge on any atom is -0.362 e. The number of aromatic nitrogens is 2. The van der Waals surface area contributed by atoms with Gasteiger partial charge in [-0.15, -0.1) is 0 Å². The second-order valence-corrected chi connectivity index (χ2v) is 3.38. The van der Waals surface area contributed by atoms with Crippen molar-refractivity contribution in [3.05, 3.63) is 21.6 Å². The maximum Gasteiger partial charge on any atom is 0.329 e. The zero-order valence-electron chi connectivity index (χ0n) is 8.94. The fraction of sp³-hybridized carbons (Fsp3) is 0.375. The lowest BCUT2D eigenvalue weighted by molar-refractivity contribution is -0.384. The molecule has 17 heavy (non-hydrogen) atoms. The van der Waals surface area contributed by atoms with Crippen LogP contribution in [0.5, 0.6) is 0 Å². The van der Waals surface area contributed by atoms with Gasteiger partial charge in [0.25, 0.3) is 0 Å². The van der Waals surface area contributed by atoms with Gasteiger partial charge in [0, 0.05) is 20.0 Å². The molecule has 0 aromatic carbocycles. The summed E-state index contributed by atoms with van der Waals surface area (Å²) >= 11 is 5.53. The zero-order chi connectivity index (χ0) is 12.8. The van der Waals surface area contributed by atoms with Gasteiger partial charge in [-0.05, 0) is 11.6 Å². The van der Waals surface area contributed by atoms with E-state index in [9.17, 15) is 14.9 Å². The van der Waals surface area contributed by atoms with Crippen LogP contribution in [0.25, 0.3) is 0 Å². The summed E-state index contributed by atoms with van der Waals surface area (Å²) in [6.45, 7) is 2.01. The lowest BCUT2D eigenvalue weighted by atomic mass is 10.4. The number of carbonyl (C=O) groups is 1. The molecule has 0 fully saturated rings. The van der Waals surface area contributed by atoms with Crippen molar-refractivity contribution in [1.29, 1.82) is 0 Å². The van der Waals surface area contributed by atoms with Crippen molar-refractivity contribution in [1.82, 2.24) is 15.3 Å². The number of nitro groups is 1. The summed E-state index contributed by atoms with van der Waals surface area (Å²) in [6, 6.07) is 0. The SMILES string of the molecule is CC(=O)NCCNc1nc(Cl)ncc1[N+](=O)[O-]. The van der Waals surface area contributed by atoms with Gasteiger partial charge in [0.1, 0.15) is 6.20 Å². The highest BCUT2D eigenvalue weighted by atomic mass is 35.5. The van der Waals surface area contributed by atoms with E-state index in [-0.39, 0.29) is 22.7 Å². The Bertz CT molecular complexity index is 439. The first-order valence-corrected chi connectivity index (χ1v) is 5.03. The van der Waals surface area contributed by atoms with E-state index in [4.69, 9.17) is 11.6 Å². The largest absolute Gasteiger partial charge is 0.362 e. The number of nitrogens with one attached hydrogen (secondary N) is 2. The Hall–Kier alpha value is -1.96. The third kappa shape index (κ3) is 4.19. The van der Waals surface area contributed by atoms with Gasteiger partial charge < -0.3 is 10.6 Å². The average Bonchev–Trinajstić information content (AvgIpc) is 2.23. The number of anilines is 1. The van der Waals surface area contributed by atoms with E-state index in [1.165, 1.54) is 6.92 Å². The molecular weight excluding hydrogens is 250 g/mol. The third-order valence-electron chi connectivity index (χ3n) is 1.73. The summed E-state index contributed by atoms with van der Waals surface area (Å²) < 4.78 is 0. The first-order chi connectivity index (χ1) is 8.00. The maximum atomic E-state index is 10.6. The molecule has 0 radical (unpaired) electrons. The molecule has 92 valence electrons. The highest BCUT2D eigenvalue weighted by Crippen LogP contribution is 2.21. The predicted molar refractivity (Wildman–Crippen MR) is 60.9 cm³/mol. The second kappa shape index (κ2) is 5.94. The van der Waals surface area contributed by atoms with Crippen LogP contribution >= 0.6 is 11.6 Å². The highest BCUT2D eigenvalue weighted by molar-refractivity contribution is 6.28. The van der Waals surface area contributed by atoms with E-state index in [0.717, 1.165) is 6.20 Å². The molecule has 2 N–H and O–H groups in total. The van der Waals surface area contributed by atoms with Crippen LogP contribution in [-0.4, -0.2) is 33.9 Å². The lowest BCUT2D eigenvalue weighted by Crippen LogP contribution is -2.26. The summed E-state index contributed by atoms with van der Waals surface area (Å²) in [6.07, 6.45) is 1.02. The fourth-order valence-corrected chi connectivity index (χ4v) is 1.17. The molecule has 8 nitrogen and oxygen atoms in total. The van der Waals surface area contributed by atoms with Crippen molar-refractivity contribution in [3.63, 3.8) is 0 Å². The molecule has 0 aliphatic rings. The van der Waals surface area contributed by atoms with Crippen LogP contribution in [0, 0.1) is 10.1 Å². The van der Waals surface area contributed by atoms with Gasteiger partial charge in [0.2, 0.25) is 17.0 Å².